The minimum absolute atomic E-state index is 0.0503. The van der Waals surface area contributed by atoms with Gasteiger partial charge in [0.1, 0.15) is 0 Å². The summed E-state index contributed by atoms with van der Waals surface area (Å²) < 4.78 is 0. The van der Waals surface area contributed by atoms with Gasteiger partial charge in [-0.1, -0.05) is 37.3 Å². The van der Waals surface area contributed by atoms with E-state index in [1.54, 1.807) is 0 Å². The number of rotatable bonds is 7. The molecule has 1 aromatic carbocycles. The number of nitrogens with one attached hydrogen (secondary N) is 1. The number of aromatic nitrogens is 1. The van der Waals surface area contributed by atoms with E-state index in [2.05, 4.69) is 10.3 Å². The minimum atomic E-state index is -0.814. The highest BCUT2D eigenvalue weighted by Gasteiger charge is 2.35. The summed E-state index contributed by atoms with van der Waals surface area (Å²) in [6, 6.07) is 10.1. The standard InChI is InChI=1S/C18H21N3O3S/c1-2-21(10-16(22)23)14-8-13(9-14)19-17(24)18-20-15(11-25-18)12-6-4-3-5-7-12/h3-7,11,13-14H,2,8-10H2,1H3,(H,19,24)(H,22,23). The zero-order valence-electron chi connectivity index (χ0n) is 14.0. The third-order valence-electron chi connectivity index (χ3n) is 4.48. The van der Waals surface area contributed by atoms with Crippen LogP contribution < -0.4 is 5.32 Å². The zero-order chi connectivity index (χ0) is 17.8. The second kappa shape index (κ2) is 7.76. The zero-order valence-corrected chi connectivity index (χ0v) is 14.8. The minimum Gasteiger partial charge on any atom is -0.480 e. The molecule has 1 heterocycles. The van der Waals surface area contributed by atoms with Crippen LogP contribution in [0.1, 0.15) is 29.6 Å². The first-order chi connectivity index (χ1) is 12.1. The van der Waals surface area contributed by atoms with Crippen molar-refractivity contribution in [3.05, 3.63) is 40.7 Å². The van der Waals surface area contributed by atoms with Gasteiger partial charge in [0.05, 0.1) is 12.2 Å². The third kappa shape index (κ3) is 4.24. The van der Waals surface area contributed by atoms with Gasteiger partial charge in [-0.15, -0.1) is 11.3 Å². The monoisotopic (exact) mass is 359 g/mol. The molecule has 1 saturated carbocycles. The van der Waals surface area contributed by atoms with E-state index in [-0.39, 0.29) is 24.5 Å². The van der Waals surface area contributed by atoms with Crippen molar-refractivity contribution in [2.75, 3.05) is 13.1 Å². The molecule has 2 aromatic rings. The molecule has 1 fully saturated rings. The quantitative estimate of drug-likeness (QED) is 0.794. The third-order valence-corrected chi connectivity index (χ3v) is 5.32. The highest BCUT2D eigenvalue weighted by atomic mass is 32.1. The fourth-order valence-corrected chi connectivity index (χ4v) is 3.77. The second-order valence-electron chi connectivity index (χ2n) is 6.16. The Hall–Kier alpha value is -2.25. The topological polar surface area (TPSA) is 82.5 Å². The first-order valence-corrected chi connectivity index (χ1v) is 9.22. The molecule has 1 amide bonds. The van der Waals surface area contributed by atoms with E-state index in [0.717, 1.165) is 24.1 Å². The first kappa shape index (κ1) is 17.6. The van der Waals surface area contributed by atoms with Crippen LogP contribution in [0, 0.1) is 0 Å². The van der Waals surface area contributed by atoms with Crippen molar-refractivity contribution in [1.29, 1.82) is 0 Å². The van der Waals surface area contributed by atoms with Gasteiger partial charge in [0.2, 0.25) is 0 Å². The van der Waals surface area contributed by atoms with Gasteiger partial charge in [0, 0.05) is 23.0 Å². The normalized spacial score (nSPS) is 19.4. The number of benzene rings is 1. The Morgan fingerprint density at radius 2 is 2.04 bits per heavy atom. The molecule has 1 aromatic heterocycles. The number of carbonyl (C=O) groups excluding carboxylic acids is 1. The molecule has 1 aliphatic carbocycles. The number of likely N-dealkylation sites (N-methyl/N-ethyl adjacent to an activating group) is 1. The van der Waals surface area contributed by atoms with E-state index in [1.807, 2.05) is 47.5 Å². The maximum Gasteiger partial charge on any atom is 0.317 e. The van der Waals surface area contributed by atoms with E-state index in [1.165, 1.54) is 11.3 Å². The van der Waals surface area contributed by atoms with Crippen LogP contribution in [0.25, 0.3) is 11.3 Å². The van der Waals surface area contributed by atoms with Gasteiger partial charge in [0.15, 0.2) is 5.01 Å². The molecule has 3 rings (SSSR count). The Kier molecular flexibility index (Phi) is 5.45. The highest BCUT2D eigenvalue weighted by molar-refractivity contribution is 7.12. The molecule has 6 nitrogen and oxygen atoms in total. The van der Waals surface area contributed by atoms with Gasteiger partial charge < -0.3 is 10.4 Å². The maximum absolute atomic E-state index is 12.3. The summed E-state index contributed by atoms with van der Waals surface area (Å²) in [4.78, 5) is 29.6. The van der Waals surface area contributed by atoms with Crippen LogP contribution in [0.5, 0.6) is 0 Å². The van der Waals surface area contributed by atoms with Crippen LogP contribution in [0.15, 0.2) is 35.7 Å². The van der Waals surface area contributed by atoms with Gasteiger partial charge in [0.25, 0.3) is 5.91 Å². The Bertz CT molecular complexity index is 741. The van der Waals surface area contributed by atoms with E-state index < -0.39 is 5.97 Å². The summed E-state index contributed by atoms with van der Waals surface area (Å²) in [5.74, 6) is -0.970. The average molecular weight is 359 g/mol. The molecule has 25 heavy (non-hydrogen) atoms. The predicted molar refractivity (Wildman–Crippen MR) is 96.7 cm³/mol. The van der Waals surface area contributed by atoms with E-state index in [0.29, 0.717) is 11.6 Å². The molecule has 0 saturated heterocycles. The Morgan fingerprint density at radius 3 is 2.68 bits per heavy atom. The summed E-state index contributed by atoms with van der Waals surface area (Å²) >= 11 is 1.34. The SMILES string of the molecule is CCN(CC(=O)O)C1CC(NC(=O)c2nc(-c3ccccc3)cs2)C1. The van der Waals surface area contributed by atoms with Crippen molar-refractivity contribution in [2.45, 2.75) is 31.8 Å². The van der Waals surface area contributed by atoms with Crippen LogP contribution in [0.3, 0.4) is 0 Å². The van der Waals surface area contributed by atoms with Gasteiger partial charge >= 0.3 is 5.97 Å². The molecular formula is C18H21N3O3S. The lowest BCUT2D eigenvalue weighted by Gasteiger charge is -2.42. The van der Waals surface area contributed by atoms with Gasteiger partial charge in [-0.25, -0.2) is 4.98 Å². The second-order valence-corrected chi connectivity index (χ2v) is 7.01. The molecule has 7 heteroatoms. The van der Waals surface area contributed by atoms with Gasteiger partial charge in [-0.2, -0.15) is 0 Å². The molecule has 132 valence electrons. The van der Waals surface area contributed by atoms with Crippen molar-refractivity contribution in [1.82, 2.24) is 15.2 Å². The smallest absolute Gasteiger partial charge is 0.317 e. The summed E-state index contributed by atoms with van der Waals surface area (Å²) in [5, 5.41) is 14.3. The molecular weight excluding hydrogens is 338 g/mol. The number of nitrogens with zero attached hydrogens (tertiary/aromatic N) is 2. The van der Waals surface area contributed by atoms with Gasteiger partial charge in [-0.3, -0.25) is 14.5 Å². The number of amides is 1. The number of aliphatic carboxylic acids is 1. The largest absolute Gasteiger partial charge is 0.480 e. The van der Waals surface area contributed by atoms with Crippen molar-refractivity contribution >= 4 is 23.2 Å². The Labute approximate surface area is 150 Å². The molecule has 0 spiro atoms. The molecule has 0 unspecified atom stereocenters. The van der Waals surface area contributed by atoms with Crippen molar-refractivity contribution in [3.63, 3.8) is 0 Å². The highest BCUT2D eigenvalue weighted by Crippen LogP contribution is 2.27. The fourth-order valence-electron chi connectivity index (χ4n) is 3.04. The average Bonchev–Trinajstić information content (AvgIpc) is 3.06. The summed E-state index contributed by atoms with van der Waals surface area (Å²) in [6.07, 6.45) is 1.56. The molecule has 0 bridgehead atoms. The van der Waals surface area contributed by atoms with E-state index >= 15 is 0 Å². The van der Waals surface area contributed by atoms with Crippen LogP contribution in [-0.4, -0.2) is 52.0 Å². The van der Waals surface area contributed by atoms with Crippen molar-refractivity contribution < 1.29 is 14.7 Å². The number of carbonyl (C=O) groups is 2. The number of hydrogen-bond acceptors (Lipinski definition) is 5. The van der Waals surface area contributed by atoms with Crippen molar-refractivity contribution in [2.24, 2.45) is 0 Å². The first-order valence-electron chi connectivity index (χ1n) is 8.34. The molecule has 1 aliphatic rings. The van der Waals surface area contributed by atoms with Crippen LogP contribution >= 0.6 is 11.3 Å². The van der Waals surface area contributed by atoms with Gasteiger partial charge in [-0.05, 0) is 19.4 Å². The number of hydrogen-bond donors (Lipinski definition) is 2. The molecule has 2 N–H and O–H groups in total. The molecule has 0 aliphatic heterocycles. The van der Waals surface area contributed by atoms with Crippen molar-refractivity contribution in [3.8, 4) is 11.3 Å². The Balaban J connectivity index is 1.53. The van der Waals surface area contributed by atoms with E-state index in [9.17, 15) is 9.59 Å². The summed E-state index contributed by atoms with van der Waals surface area (Å²) in [7, 11) is 0. The number of carboxylic acid groups (broad SMARTS) is 1. The molecule has 0 radical (unpaired) electrons. The number of carboxylic acids is 1. The fraction of sp³-hybridized carbons (Fsp3) is 0.389. The lowest BCUT2D eigenvalue weighted by atomic mass is 9.85. The Morgan fingerprint density at radius 1 is 1.32 bits per heavy atom. The maximum atomic E-state index is 12.3. The summed E-state index contributed by atoms with van der Waals surface area (Å²) in [5.41, 5.74) is 1.80. The van der Waals surface area contributed by atoms with Crippen LogP contribution in [-0.2, 0) is 4.79 Å². The molecule has 0 atom stereocenters. The van der Waals surface area contributed by atoms with Crippen LogP contribution in [0.4, 0.5) is 0 Å². The lowest BCUT2D eigenvalue weighted by Crippen LogP contribution is -2.54. The predicted octanol–water partition coefficient (Wildman–Crippen LogP) is 2.48. The van der Waals surface area contributed by atoms with Crippen LogP contribution in [0.2, 0.25) is 0 Å². The number of thiazole rings is 1. The lowest BCUT2D eigenvalue weighted by molar-refractivity contribution is -0.139. The van der Waals surface area contributed by atoms with E-state index in [4.69, 9.17) is 5.11 Å². The summed E-state index contributed by atoms with van der Waals surface area (Å²) in [6.45, 7) is 2.70.